The molecule has 2 aromatic rings. The molecule has 0 aliphatic carbocycles. The van der Waals surface area contributed by atoms with Crippen LogP contribution in [0.5, 0.6) is 5.75 Å². The molecule has 1 heterocycles. The normalized spacial score (nSPS) is 14.4. The predicted molar refractivity (Wildman–Crippen MR) is 94.8 cm³/mol. The number of carbonyl (C=O) groups excluding carboxylic acids is 1. The molecule has 1 aliphatic rings. The van der Waals surface area contributed by atoms with Gasteiger partial charge >= 0.3 is 0 Å². The second-order valence-electron chi connectivity index (χ2n) is 6.25. The molecule has 1 saturated heterocycles. The maximum Gasteiger partial charge on any atom is 0.225 e. The third-order valence-corrected chi connectivity index (χ3v) is 4.37. The smallest absolute Gasteiger partial charge is 0.225 e. The summed E-state index contributed by atoms with van der Waals surface area (Å²) in [5.74, 6) is 1.05. The van der Waals surface area contributed by atoms with Crippen LogP contribution >= 0.6 is 0 Å². The van der Waals surface area contributed by atoms with Crippen molar-refractivity contribution >= 4 is 5.91 Å². The summed E-state index contributed by atoms with van der Waals surface area (Å²) in [6.07, 6.45) is 0. The van der Waals surface area contributed by atoms with Gasteiger partial charge in [-0.2, -0.15) is 5.26 Å². The standard InChI is InChI=1S/C20H21N3O2/c1-22-20(24)18-12-23(13-18)11-15-5-7-19(8-6-15)25-14-17-4-2-3-16(9-17)10-21/h2-9,18H,11-14H2,1H3,(H,22,24). The van der Waals surface area contributed by atoms with E-state index in [1.807, 2.05) is 42.5 Å². The molecule has 1 amide bonds. The summed E-state index contributed by atoms with van der Waals surface area (Å²) >= 11 is 0. The van der Waals surface area contributed by atoms with Gasteiger partial charge in [-0.1, -0.05) is 24.3 Å². The molecule has 3 rings (SSSR count). The summed E-state index contributed by atoms with van der Waals surface area (Å²) in [6, 6.07) is 17.6. The first-order chi connectivity index (χ1) is 12.2. The summed E-state index contributed by atoms with van der Waals surface area (Å²) < 4.78 is 5.78. The fourth-order valence-corrected chi connectivity index (χ4v) is 2.92. The van der Waals surface area contributed by atoms with Gasteiger partial charge in [-0.3, -0.25) is 9.69 Å². The van der Waals surface area contributed by atoms with Gasteiger partial charge in [0.15, 0.2) is 0 Å². The maximum atomic E-state index is 11.5. The zero-order valence-electron chi connectivity index (χ0n) is 14.2. The SMILES string of the molecule is CNC(=O)C1CN(Cc2ccc(OCc3cccc(C#N)c3)cc2)C1. The van der Waals surface area contributed by atoms with E-state index in [-0.39, 0.29) is 11.8 Å². The van der Waals surface area contributed by atoms with Crippen LogP contribution in [0.25, 0.3) is 0 Å². The van der Waals surface area contributed by atoms with Crippen molar-refractivity contribution in [2.75, 3.05) is 20.1 Å². The zero-order chi connectivity index (χ0) is 17.6. The molecule has 0 aromatic heterocycles. The fourth-order valence-electron chi connectivity index (χ4n) is 2.92. The molecule has 5 nitrogen and oxygen atoms in total. The van der Waals surface area contributed by atoms with E-state index in [2.05, 4.69) is 16.3 Å². The van der Waals surface area contributed by atoms with E-state index >= 15 is 0 Å². The number of hydrogen-bond donors (Lipinski definition) is 1. The lowest BCUT2D eigenvalue weighted by Gasteiger charge is -2.38. The van der Waals surface area contributed by atoms with E-state index in [0.29, 0.717) is 12.2 Å². The Morgan fingerprint density at radius 1 is 1.24 bits per heavy atom. The van der Waals surface area contributed by atoms with Crippen LogP contribution in [0.2, 0.25) is 0 Å². The van der Waals surface area contributed by atoms with Crippen molar-refractivity contribution in [2.45, 2.75) is 13.2 Å². The molecule has 1 N–H and O–H groups in total. The van der Waals surface area contributed by atoms with E-state index in [9.17, 15) is 4.79 Å². The number of hydrogen-bond acceptors (Lipinski definition) is 4. The second kappa shape index (κ2) is 7.82. The van der Waals surface area contributed by atoms with Crippen LogP contribution in [-0.2, 0) is 17.9 Å². The number of nitriles is 1. The van der Waals surface area contributed by atoms with Crippen molar-refractivity contribution in [3.05, 3.63) is 65.2 Å². The first-order valence-corrected chi connectivity index (χ1v) is 8.32. The van der Waals surface area contributed by atoms with E-state index in [1.165, 1.54) is 5.56 Å². The summed E-state index contributed by atoms with van der Waals surface area (Å²) in [6.45, 7) is 2.91. The monoisotopic (exact) mass is 335 g/mol. The molecule has 1 aliphatic heterocycles. The number of ether oxygens (including phenoxy) is 1. The highest BCUT2D eigenvalue weighted by Gasteiger charge is 2.31. The van der Waals surface area contributed by atoms with Crippen molar-refractivity contribution in [3.63, 3.8) is 0 Å². The molecule has 0 saturated carbocycles. The Bertz CT molecular complexity index is 774. The molecule has 25 heavy (non-hydrogen) atoms. The van der Waals surface area contributed by atoms with Crippen molar-refractivity contribution < 1.29 is 9.53 Å². The van der Waals surface area contributed by atoms with Gasteiger partial charge in [0.25, 0.3) is 0 Å². The first kappa shape index (κ1) is 17.0. The Labute approximate surface area is 147 Å². The van der Waals surface area contributed by atoms with Gasteiger partial charge in [0.1, 0.15) is 12.4 Å². The molecule has 128 valence electrons. The molecule has 0 spiro atoms. The molecular formula is C20H21N3O2. The number of nitrogens with one attached hydrogen (secondary N) is 1. The van der Waals surface area contributed by atoms with Gasteiger partial charge in [0.05, 0.1) is 17.6 Å². The maximum absolute atomic E-state index is 11.5. The van der Waals surface area contributed by atoms with Gasteiger partial charge in [-0.15, -0.1) is 0 Å². The molecule has 0 unspecified atom stereocenters. The van der Waals surface area contributed by atoms with Crippen LogP contribution in [0.3, 0.4) is 0 Å². The average molecular weight is 335 g/mol. The van der Waals surface area contributed by atoms with Crippen molar-refractivity contribution in [3.8, 4) is 11.8 Å². The highest BCUT2D eigenvalue weighted by atomic mass is 16.5. The van der Waals surface area contributed by atoms with Gasteiger partial charge in [-0.05, 0) is 35.4 Å². The number of nitrogens with zero attached hydrogens (tertiary/aromatic N) is 2. The highest BCUT2D eigenvalue weighted by molar-refractivity contribution is 5.79. The number of rotatable bonds is 6. The number of likely N-dealkylation sites (tertiary alicyclic amines) is 1. The van der Waals surface area contributed by atoms with E-state index in [0.717, 1.165) is 30.9 Å². The quantitative estimate of drug-likeness (QED) is 0.880. The average Bonchev–Trinajstić information content (AvgIpc) is 2.63. The Kier molecular flexibility index (Phi) is 5.32. The van der Waals surface area contributed by atoms with E-state index in [4.69, 9.17) is 10.00 Å². The zero-order valence-corrected chi connectivity index (χ0v) is 14.2. The van der Waals surface area contributed by atoms with Gasteiger partial charge < -0.3 is 10.1 Å². The van der Waals surface area contributed by atoms with Crippen molar-refractivity contribution in [1.82, 2.24) is 10.2 Å². The lowest BCUT2D eigenvalue weighted by Crippen LogP contribution is -2.52. The van der Waals surface area contributed by atoms with Gasteiger partial charge in [0, 0.05) is 26.7 Å². The minimum Gasteiger partial charge on any atom is -0.489 e. The molecule has 0 bridgehead atoms. The molecule has 0 atom stereocenters. The van der Waals surface area contributed by atoms with E-state index < -0.39 is 0 Å². The number of benzene rings is 2. The lowest BCUT2D eigenvalue weighted by molar-refractivity contribution is -0.129. The number of amides is 1. The minimum atomic E-state index is 0.122. The Morgan fingerprint density at radius 3 is 2.68 bits per heavy atom. The van der Waals surface area contributed by atoms with Crippen LogP contribution in [0.4, 0.5) is 0 Å². The lowest BCUT2D eigenvalue weighted by atomic mass is 9.98. The van der Waals surface area contributed by atoms with Crippen LogP contribution in [0, 0.1) is 17.2 Å². The number of carbonyl (C=O) groups is 1. The summed E-state index contributed by atoms with van der Waals surface area (Å²) in [7, 11) is 1.68. The largest absolute Gasteiger partial charge is 0.489 e. The van der Waals surface area contributed by atoms with Crippen LogP contribution < -0.4 is 10.1 Å². The minimum absolute atomic E-state index is 0.122. The Hall–Kier alpha value is -2.84. The third-order valence-electron chi connectivity index (χ3n) is 4.37. The summed E-state index contributed by atoms with van der Waals surface area (Å²) in [5, 5.41) is 11.6. The highest BCUT2D eigenvalue weighted by Crippen LogP contribution is 2.21. The van der Waals surface area contributed by atoms with Gasteiger partial charge in [-0.25, -0.2) is 0 Å². The van der Waals surface area contributed by atoms with E-state index in [1.54, 1.807) is 13.1 Å². The summed E-state index contributed by atoms with van der Waals surface area (Å²) in [4.78, 5) is 13.7. The second-order valence-corrected chi connectivity index (χ2v) is 6.25. The molecule has 0 radical (unpaired) electrons. The Balaban J connectivity index is 1.48. The van der Waals surface area contributed by atoms with Crippen LogP contribution in [-0.4, -0.2) is 30.9 Å². The molecule has 1 fully saturated rings. The topological polar surface area (TPSA) is 65.4 Å². The van der Waals surface area contributed by atoms with Crippen molar-refractivity contribution in [1.29, 1.82) is 5.26 Å². The third kappa shape index (κ3) is 4.37. The fraction of sp³-hybridized carbons (Fsp3) is 0.300. The van der Waals surface area contributed by atoms with Crippen molar-refractivity contribution in [2.24, 2.45) is 5.92 Å². The van der Waals surface area contributed by atoms with Crippen LogP contribution in [0.15, 0.2) is 48.5 Å². The first-order valence-electron chi connectivity index (χ1n) is 8.32. The van der Waals surface area contributed by atoms with Crippen LogP contribution in [0.1, 0.15) is 16.7 Å². The molecule has 2 aromatic carbocycles. The van der Waals surface area contributed by atoms with Gasteiger partial charge in [0.2, 0.25) is 5.91 Å². The molecular weight excluding hydrogens is 314 g/mol. The predicted octanol–water partition coefficient (Wildman–Crippen LogP) is 2.32. The summed E-state index contributed by atoms with van der Waals surface area (Å²) in [5.41, 5.74) is 2.82. The molecule has 5 heteroatoms. The Morgan fingerprint density at radius 2 is 2.00 bits per heavy atom.